The molecule has 4 heteroatoms. The van der Waals surface area contributed by atoms with Crippen molar-refractivity contribution in [3.8, 4) is 0 Å². The van der Waals surface area contributed by atoms with Crippen LogP contribution in [0.25, 0.3) is 0 Å². The van der Waals surface area contributed by atoms with E-state index in [0.717, 1.165) is 0 Å². The summed E-state index contributed by atoms with van der Waals surface area (Å²) in [5.41, 5.74) is -0.0231. The molecule has 0 saturated heterocycles. The Morgan fingerprint density at radius 2 is 2.00 bits per heavy atom. The molecule has 1 aromatic carbocycles. The topological polar surface area (TPSA) is 9.23 Å². The number of rotatable bonds is 4. The molecule has 0 heterocycles. The van der Waals surface area contributed by atoms with E-state index in [-0.39, 0.29) is 16.6 Å². The van der Waals surface area contributed by atoms with E-state index in [4.69, 9.17) is 4.74 Å². The predicted octanol–water partition coefficient (Wildman–Crippen LogP) is 3.90. The van der Waals surface area contributed by atoms with Crippen LogP contribution in [0, 0.1) is 17.6 Å². The van der Waals surface area contributed by atoms with Crippen LogP contribution in [-0.2, 0) is 11.3 Å². The monoisotopic (exact) mass is 278 g/mol. The maximum Gasteiger partial charge on any atom is 0.145 e. The minimum Gasteiger partial charge on any atom is -0.376 e. The molecule has 0 spiro atoms. The summed E-state index contributed by atoms with van der Waals surface area (Å²) in [6.07, 6.45) is 0. The lowest BCUT2D eigenvalue weighted by Gasteiger charge is -2.09. The Hall–Kier alpha value is -0.480. The van der Waals surface area contributed by atoms with E-state index >= 15 is 0 Å². The molecular weight excluding hydrogens is 266 g/mol. The van der Waals surface area contributed by atoms with Gasteiger partial charge in [-0.1, -0.05) is 13.8 Å². The molecule has 0 amide bonds. The fraction of sp³-hybridized carbons (Fsp3) is 0.455. The van der Waals surface area contributed by atoms with Crippen LogP contribution in [0.1, 0.15) is 19.4 Å². The van der Waals surface area contributed by atoms with Gasteiger partial charge in [-0.2, -0.15) is 0 Å². The van der Waals surface area contributed by atoms with E-state index in [2.05, 4.69) is 15.9 Å². The van der Waals surface area contributed by atoms with Crippen molar-refractivity contribution in [1.29, 1.82) is 0 Å². The van der Waals surface area contributed by atoms with Gasteiger partial charge < -0.3 is 4.74 Å². The summed E-state index contributed by atoms with van der Waals surface area (Å²) in [6.45, 7) is 4.42. The molecule has 0 atom stereocenters. The Bertz CT molecular complexity index is 340. The van der Waals surface area contributed by atoms with Crippen molar-refractivity contribution in [2.24, 2.45) is 5.92 Å². The van der Waals surface area contributed by atoms with Gasteiger partial charge in [0, 0.05) is 6.61 Å². The second kappa shape index (κ2) is 5.56. The highest BCUT2D eigenvalue weighted by Gasteiger charge is 2.12. The summed E-state index contributed by atoms with van der Waals surface area (Å²) in [4.78, 5) is 0. The highest BCUT2D eigenvalue weighted by Crippen LogP contribution is 2.22. The number of hydrogen-bond donors (Lipinski definition) is 0. The molecule has 0 radical (unpaired) electrons. The Labute approximate surface area is 96.6 Å². The van der Waals surface area contributed by atoms with Crippen molar-refractivity contribution in [2.45, 2.75) is 20.5 Å². The van der Waals surface area contributed by atoms with Crippen LogP contribution in [0.5, 0.6) is 0 Å². The molecular formula is C11H13BrF2O. The standard InChI is InChI=1S/C11H13BrF2O/c1-7(2)5-15-6-8-10(13)4-3-9(12)11(8)14/h3-4,7H,5-6H2,1-2H3. The zero-order chi connectivity index (χ0) is 11.4. The van der Waals surface area contributed by atoms with Gasteiger partial charge in [0.25, 0.3) is 0 Å². The fourth-order valence-electron chi connectivity index (χ4n) is 1.10. The van der Waals surface area contributed by atoms with Crippen LogP contribution < -0.4 is 0 Å². The second-order valence-corrected chi connectivity index (χ2v) is 4.59. The summed E-state index contributed by atoms with van der Waals surface area (Å²) >= 11 is 3.00. The summed E-state index contributed by atoms with van der Waals surface area (Å²) in [5.74, 6) is -0.804. The van der Waals surface area contributed by atoms with Crippen LogP contribution >= 0.6 is 15.9 Å². The van der Waals surface area contributed by atoms with E-state index < -0.39 is 11.6 Å². The molecule has 15 heavy (non-hydrogen) atoms. The normalized spacial score (nSPS) is 11.1. The number of benzene rings is 1. The average molecular weight is 279 g/mol. The smallest absolute Gasteiger partial charge is 0.145 e. The Morgan fingerprint density at radius 3 is 2.60 bits per heavy atom. The molecule has 0 N–H and O–H groups in total. The van der Waals surface area contributed by atoms with Crippen molar-refractivity contribution in [2.75, 3.05) is 6.61 Å². The van der Waals surface area contributed by atoms with Crippen LogP contribution in [0.4, 0.5) is 8.78 Å². The highest BCUT2D eigenvalue weighted by atomic mass is 79.9. The van der Waals surface area contributed by atoms with Gasteiger partial charge in [-0.25, -0.2) is 8.78 Å². The first-order valence-electron chi connectivity index (χ1n) is 4.72. The minimum absolute atomic E-state index is 0.0231. The third kappa shape index (κ3) is 3.54. The zero-order valence-electron chi connectivity index (χ0n) is 8.69. The van der Waals surface area contributed by atoms with Gasteiger partial charge in [0.1, 0.15) is 11.6 Å². The van der Waals surface area contributed by atoms with E-state index in [0.29, 0.717) is 12.5 Å². The predicted molar refractivity (Wildman–Crippen MR) is 58.6 cm³/mol. The highest BCUT2D eigenvalue weighted by molar-refractivity contribution is 9.10. The molecule has 0 aliphatic carbocycles. The quantitative estimate of drug-likeness (QED) is 0.759. The number of ether oxygens (including phenoxy) is 1. The van der Waals surface area contributed by atoms with Crippen molar-refractivity contribution >= 4 is 15.9 Å². The minimum atomic E-state index is -0.584. The summed E-state index contributed by atoms with van der Waals surface area (Å²) < 4.78 is 32.1. The summed E-state index contributed by atoms with van der Waals surface area (Å²) in [5, 5.41) is 0. The molecule has 0 aliphatic heterocycles. The van der Waals surface area contributed by atoms with Crippen LogP contribution in [0.15, 0.2) is 16.6 Å². The fourth-order valence-corrected chi connectivity index (χ4v) is 1.47. The molecule has 1 aromatic rings. The van der Waals surface area contributed by atoms with Crippen LogP contribution in [0.3, 0.4) is 0 Å². The molecule has 0 aliphatic rings. The SMILES string of the molecule is CC(C)COCc1c(F)ccc(Br)c1F. The van der Waals surface area contributed by atoms with Gasteiger partial charge in [0.2, 0.25) is 0 Å². The molecule has 0 bridgehead atoms. The summed E-state index contributed by atoms with van der Waals surface area (Å²) in [6, 6.07) is 2.57. The van der Waals surface area contributed by atoms with E-state index in [1.165, 1.54) is 12.1 Å². The number of halogens is 3. The third-order valence-corrected chi connectivity index (χ3v) is 2.45. The maximum atomic E-state index is 13.4. The second-order valence-electron chi connectivity index (χ2n) is 3.73. The van der Waals surface area contributed by atoms with Gasteiger partial charge >= 0.3 is 0 Å². The lowest BCUT2D eigenvalue weighted by molar-refractivity contribution is 0.0927. The van der Waals surface area contributed by atoms with E-state index in [9.17, 15) is 8.78 Å². The average Bonchev–Trinajstić information content (AvgIpc) is 2.17. The molecule has 1 rings (SSSR count). The Balaban J connectivity index is 2.71. The zero-order valence-corrected chi connectivity index (χ0v) is 10.3. The lowest BCUT2D eigenvalue weighted by atomic mass is 10.2. The molecule has 0 fully saturated rings. The van der Waals surface area contributed by atoms with Gasteiger partial charge in [-0.3, -0.25) is 0 Å². The molecule has 0 aromatic heterocycles. The van der Waals surface area contributed by atoms with Crippen LogP contribution in [0.2, 0.25) is 0 Å². The summed E-state index contributed by atoms with van der Waals surface area (Å²) in [7, 11) is 0. The lowest BCUT2D eigenvalue weighted by Crippen LogP contribution is -2.05. The van der Waals surface area contributed by atoms with Gasteiger partial charge in [0.15, 0.2) is 0 Å². The Kier molecular flexibility index (Phi) is 4.67. The van der Waals surface area contributed by atoms with E-state index in [1.807, 2.05) is 13.8 Å². The van der Waals surface area contributed by atoms with Gasteiger partial charge in [0.05, 0.1) is 16.6 Å². The van der Waals surface area contributed by atoms with Crippen molar-refractivity contribution in [1.82, 2.24) is 0 Å². The molecule has 0 unspecified atom stereocenters. The van der Waals surface area contributed by atoms with Gasteiger partial charge in [-0.05, 0) is 34.0 Å². The van der Waals surface area contributed by atoms with Crippen molar-refractivity contribution in [3.05, 3.63) is 33.8 Å². The first kappa shape index (κ1) is 12.6. The van der Waals surface area contributed by atoms with Crippen molar-refractivity contribution < 1.29 is 13.5 Å². The largest absolute Gasteiger partial charge is 0.376 e. The molecule has 1 nitrogen and oxygen atoms in total. The molecule has 0 saturated carbocycles. The first-order chi connectivity index (χ1) is 7.02. The van der Waals surface area contributed by atoms with Crippen LogP contribution in [-0.4, -0.2) is 6.61 Å². The third-order valence-electron chi connectivity index (χ3n) is 1.84. The molecule has 84 valence electrons. The number of hydrogen-bond acceptors (Lipinski definition) is 1. The maximum absolute atomic E-state index is 13.4. The van der Waals surface area contributed by atoms with Gasteiger partial charge in [-0.15, -0.1) is 0 Å². The first-order valence-corrected chi connectivity index (χ1v) is 5.51. The Morgan fingerprint density at radius 1 is 1.33 bits per heavy atom. The van der Waals surface area contributed by atoms with Crippen molar-refractivity contribution in [3.63, 3.8) is 0 Å². The van der Waals surface area contributed by atoms with E-state index in [1.54, 1.807) is 0 Å².